The number of benzene rings is 2. The summed E-state index contributed by atoms with van der Waals surface area (Å²) in [6, 6.07) is 13.5. The van der Waals surface area contributed by atoms with Crippen molar-refractivity contribution in [2.75, 3.05) is 30.9 Å². The van der Waals surface area contributed by atoms with Gasteiger partial charge >= 0.3 is 0 Å². The Kier molecular flexibility index (Phi) is 7.01. The number of amides is 1. The quantitative estimate of drug-likeness (QED) is 0.503. The van der Waals surface area contributed by atoms with E-state index in [0.29, 0.717) is 40.1 Å². The van der Waals surface area contributed by atoms with Crippen molar-refractivity contribution < 1.29 is 4.79 Å². The zero-order valence-electron chi connectivity index (χ0n) is 18.2. The second-order valence-corrected chi connectivity index (χ2v) is 9.27. The minimum Gasteiger partial charge on any atom is -0.362 e. The molecule has 0 aliphatic heterocycles. The van der Waals surface area contributed by atoms with E-state index in [1.807, 2.05) is 43.3 Å². The van der Waals surface area contributed by atoms with E-state index in [0.717, 1.165) is 42.4 Å². The van der Waals surface area contributed by atoms with Gasteiger partial charge in [0, 0.05) is 32.1 Å². The highest BCUT2D eigenvalue weighted by atomic mass is 35.5. The number of carbonyl (C=O) groups excluding carboxylic acids is 1. The number of halogens is 2. The molecular weight excluding hydrogens is 445 g/mol. The van der Waals surface area contributed by atoms with Gasteiger partial charge in [-0.25, -0.2) is 4.98 Å². The van der Waals surface area contributed by atoms with Crippen molar-refractivity contribution in [3.63, 3.8) is 0 Å². The molecule has 1 fully saturated rings. The molecule has 168 valence electrons. The number of rotatable bonds is 6. The van der Waals surface area contributed by atoms with Crippen LogP contribution in [0.1, 0.15) is 36.0 Å². The van der Waals surface area contributed by atoms with Crippen LogP contribution in [0.15, 0.2) is 42.5 Å². The number of nitrogens with one attached hydrogen (secondary N) is 2. The molecule has 0 atom stereocenters. The molecule has 1 heterocycles. The monoisotopic (exact) mass is 471 g/mol. The molecule has 0 spiro atoms. The highest BCUT2D eigenvalue weighted by Gasteiger charge is 2.23. The summed E-state index contributed by atoms with van der Waals surface area (Å²) in [4.78, 5) is 24.0. The first-order chi connectivity index (χ1) is 15.4. The van der Waals surface area contributed by atoms with Gasteiger partial charge in [-0.2, -0.15) is 4.98 Å². The number of hydrogen-bond donors (Lipinski definition) is 2. The van der Waals surface area contributed by atoms with E-state index in [1.165, 1.54) is 0 Å². The Labute approximate surface area is 198 Å². The lowest BCUT2D eigenvalue weighted by Crippen LogP contribution is -2.34. The van der Waals surface area contributed by atoms with Crippen molar-refractivity contribution >= 4 is 51.8 Å². The Bertz CT molecular complexity index is 1090. The summed E-state index contributed by atoms with van der Waals surface area (Å²) in [5.74, 6) is 1.78. The third-order valence-corrected chi connectivity index (χ3v) is 6.56. The Hall–Kier alpha value is -2.57. The molecule has 2 N–H and O–H groups in total. The lowest BCUT2D eigenvalue weighted by molar-refractivity contribution is 0.0943. The lowest BCUT2D eigenvalue weighted by atomic mass is 9.86. The average Bonchev–Trinajstić information content (AvgIpc) is 2.78. The van der Waals surface area contributed by atoms with Gasteiger partial charge in [-0.3, -0.25) is 4.79 Å². The summed E-state index contributed by atoms with van der Waals surface area (Å²) in [6.45, 7) is 0.615. The SMILES string of the molecule is CN(C)c1nc(NC2CCC(CNC(=O)c3c(Cl)cccc3Cl)CC2)nc2ccccc12. The van der Waals surface area contributed by atoms with Crippen LogP contribution in [0.4, 0.5) is 11.8 Å². The van der Waals surface area contributed by atoms with Crippen molar-refractivity contribution in [3.8, 4) is 0 Å². The van der Waals surface area contributed by atoms with Crippen LogP contribution in [0.3, 0.4) is 0 Å². The molecule has 1 saturated carbocycles. The van der Waals surface area contributed by atoms with E-state index in [9.17, 15) is 4.79 Å². The molecule has 0 unspecified atom stereocenters. The number of hydrogen-bond acceptors (Lipinski definition) is 5. The maximum Gasteiger partial charge on any atom is 0.254 e. The second kappa shape index (κ2) is 9.92. The molecule has 4 rings (SSSR count). The number of carbonyl (C=O) groups is 1. The summed E-state index contributed by atoms with van der Waals surface area (Å²) in [7, 11) is 3.99. The first-order valence-electron chi connectivity index (χ1n) is 10.8. The van der Waals surface area contributed by atoms with Crippen LogP contribution in [0, 0.1) is 5.92 Å². The zero-order chi connectivity index (χ0) is 22.7. The minimum absolute atomic E-state index is 0.221. The van der Waals surface area contributed by atoms with Crippen LogP contribution in [0.2, 0.25) is 10.0 Å². The molecule has 3 aromatic rings. The van der Waals surface area contributed by atoms with Crippen LogP contribution >= 0.6 is 23.2 Å². The van der Waals surface area contributed by atoms with Crippen LogP contribution < -0.4 is 15.5 Å². The number of fused-ring (bicyclic) bond motifs is 1. The van der Waals surface area contributed by atoms with Crippen molar-refractivity contribution in [1.82, 2.24) is 15.3 Å². The molecule has 1 aliphatic rings. The number of aromatic nitrogens is 2. The van der Waals surface area contributed by atoms with Gasteiger partial charge in [-0.1, -0.05) is 41.4 Å². The molecule has 8 heteroatoms. The van der Waals surface area contributed by atoms with Gasteiger partial charge in [-0.15, -0.1) is 0 Å². The maximum absolute atomic E-state index is 12.5. The second-order valence-electron chi connectivity index (χ2n) is 8.45. The molecular formula is C24H27Cl2N5O. The predicted molar refractivity (Wildman–Crippen MR) is 132 cm³/mol. The summed E-state index contributed by atoms with van der Waals surface area (Å²) in [5, 5.41) is 8.30. The Morgan fingerprint density at radius 2 is 1.69 bits per heavy atom. The first kappa shape index (κ1) is 22.6. The van der Waals surface area contributed by atoms with Crippen molar-refractivity contribution in [2.24, 2.45) is 5.92 Å². The van der Waals surface area contributed by atoms with E-state index in [2.05, 4.69) is 10.6 Å². The van der Waals surface area contributed by atoms with Gasteiger partial charge in [0.1, 0.15) is 5.82 Å². The molecule has 1 amide bonds. The topological polar surface area (TPSA) is 70.2 Å². The lowest BCUT2D eigenvalue weighted by Gasteiger charge is -2.29. The molecule has 1 aliphatic carbocycles. The maximum atomic E-state index is 12.5. The van der Waals surface area contributed by atoms with Gasteiger partial charge in [0.2, 0.25) is 5.95 Å². The molecule has 2 aromatic carbocycles. The molecule has 32 heavy (non-hydrogen) atoms. The van der Waals surface area contributed by atoms with Gasteiger partial charge < -0.3 is 15.5 Å². The van der Waals surface area contributed by atoms with Gasteiger partial charge in [0.25, 0.3) is 5.91 Å². The van der Waals surface area contributed by atoms with E-state index in [4.69, 9.17) is 33.2 Å². The molecule has 1 aromatic heterocycles. The fourth-order valence-electron chi connectivity index (χ4n) is 4.20. The van der Waals surface area contributed by atoms with E-state index >= 15 is 0 Å². The first-order valence-corrected chi connectivity index (χ1v) is 11.6. The average molecular weight is 472 g/mol. The van der Waals surface area contributed by atoms with Crippen LogP contribution in [0.25, 0.3) is 10.9 Å². The van der Waals surface area contributed by atoms with Crippen molar-refractivity contribution in [1.29, 1.82) is 0 Å². The Morgan fingerprint density at radius 1 is 1.00 bits per heavy atom. The molecule has 0 radical (unpaired) electrons. The van der Waals surface area contributed by atoms with Gasteiger partial charge in [-0.05, 0) is 55.9 Å². The molecule has 0 saturated heterocycles. The summed E-state index contributed by atoms with van der Waals surface area (Å²) in [6.07, 6.45) is 4.03. The Balaban J connectivity index is 1.33. The van der Waals surface area contributed by atoms with Crippen LogP contribution in [-0.2, 0) is 0 Å². The van der Waals surface area contributed by atoms with E-state index in [-0.39, 0.29) is 5.91 Å². The zero-order valence-corrected chi connectivity index (χ0v) is 19.7. The van der Waals surface area contributed by atoms with Crippen molar-refractivity contribution in [3.05, 3.63) is 58.1 Å². The summed E-state index contributed by atoms with van der Waals surface area (Å²) < 4.78 is 0. The standard InChI is InChI=1S/C24H27Cl2N5O/c1-31(2)22-17-6-3-4-9-20(17)29-24(30-22)28-16-12-10-15(11-13-16)14-27-23(32)21-18(25)7-5-8-19(21)26/h3-9,15-16H,10-14H2,1-2H3,(H,27,32)(H,28,29,30). The Morgan fingerprint density at radius 3 is 2.38 bits per heavy atom. The molecule has 0 bridgehead atoms. The highest BCUT2D eigenvalue weighted by Crippen LogP contribution is 2.29. The largest absolute Gasteiger partial charge is 0.362 e. The van der Waals surface area contributed by atoms with Crippen molar-refractivity contribution in [2.45, 2.75) is 31.7 Å². The van der Waals surface area contributed by atoms with E-state index < -0.39 is 0 Å². The highest BCUT2D eigenvalue weighted by molar-refractivity contribution is 6.39. The minimum atomic E-state index is -0.221. The number of nitrogens with zero attached hydrogens (tertiary/aromatic N) is 3. The molecule has 6 nitrogen and oxygen atoms in total. The number of anilines is 2. The number of para-hydroxylation sites is 1. The summed E-state index contributed by atoms with van der Waals surface area (Å²) >= 11 is 12.3. The smallest absolute Gasteiger partial charge is 0.254 e. The van der Waals surface area contributed by atoms with Crippen LogP contribution in [-0.4, -0.2) is 42.6 Å². The normalized spacial score (nSPS) is 18.4. The third-order valence-electron chi connectivity index (χ3n) is 5.93. The van der Waals surface area contributed by atoms with E-state index in [1.54, 1.807) is 18.2 Å². The third kappa shape index (κ3) is 5.08. The van der Waals surface area contributed by atoms with Gasteiger partial charge in [0.05, 0.1) is 21.1 Å². The fraction of sp³-hybridized carbons (Fsp3) is 0.375. The fourth-order valence-corrected chi connectivity index (χ4v) is 4.77. The summed E-state index contributed by atoms with van der Waals surface area (Å²) in [5.41, 5.74) is 1.28. The van der Waals surface area contributed by atoms with Crippen LogP contribution in [0.5, 0.6) is 0 Å². The predicted octanol–water partition coefficient (Wildman–Crippen LogP) is 5.40. The van der Waals surface area contributed by atoms with Gasteiger partial charge in [0.15, 0.2) is 0 Å².